The molecule has 0 aliphatic rings. The number of nitrogens with zero attached hydrogens (tertiary/aromatic N) is 2. The molecule has 0 fully saturated rings. The molecule has 0 radical (unpaired) electrons. The highest BCUT2D eigenvalue weighted by Gasteiger charge is 1.99. The summed E-state index contributed by atoms with van der Waals surface area (Å²) in [5.41, 5.74) is 0. The molecule has 11 heavy (non-hydrogen) atoms. The van der Waals surface area contributed by atoms with Gasteiger partial charge in [0.05, 0.1) is 5.75 Å². The average Bonchev–Trinajstić information content (AvgIpc) is 2.03. The molecule has 0 unspecified atom stereocenters. The van der Waals surface area contributed by atoms with Gasteiger partial charge in [-0.1, -0.05) is 11.8 Å². The first-order valence-corrected chi connectivity index (χ1v) is 4.23. The number of aromatic nitrogens is 2. The first kappa shape index (κ1) is 8.49. The Bertz CT molecular complexity index is 242. The lowest BCUT2D eigenvalue weighted by Crippen LogP contribution is -1.91. The van der Waals surface area contributed by atoms with Crippen molar-refractivity contribution < 1.29 is 4.79 Å². The van der Waals surface area contributed by atoms with Gasteiger partial charge in [0.25, 0.3) is 0 Å². The topological polar surface area (TPSA) is 42.9 Å². The molecule has 0 aliphatic heterocycles. The fourth-order valence-electron chi connectivity index (χ4n) is 0.481. The summed E-state index contributed by atoms with van der Waals surface area (Å²) in [6.07, 6.45) is 3.24. The van der Waals surface area contributed by atoms with Crippen LogP contribution in [0.5, 0.6) is 0 Å². The number of carbonyl (C=O) groups excluding carboxylic acids is 1. The minimum Gasteiger partial charge on any atom is -0.280 e. The maximum atomic E-state index is 10.3. The van der Waals surface area contributed by atoms with Crippen LogP contribution in [0.2, 0.25) is 0 Å². The van der Waals surface area contributed by atoms with Crippen LogP contribution in [0.3, 0.4) is 0 Å². The highest BCUT2D eigenvalue weighted by Crippen LogP contribution is 2.10. The van der Waals surface area contributed by atoms with Crippen LogP contribution in [0.1, 0.15) is 0 Å². The molecule has 0 amide bonds. The molecule has 0 N–H and O–H groups in total. The monoisotopic (exact) mass is 188 g/mol. The molecule has 0 aromatic carbocycles. The highest BCUT2D eigenvalue weighted by atomic mass is 35.5. The zero-order valence-corrected chi connectivity index (χ0v) is 7.10. The fourth-order valence-corrected chi connectivity index (χ4v) is 1.16. The van der Waals surface area contributed by atoms with Crippen molar-refractivity contribution in [3.63, 3.8) is 0 Å². The minimum absolute atomic E-state index is 0.214. The fraction of sp³-hybridized carbons (Fsp3) is 0.167. The van der Waals surface area contributed by atoms with Crippen molar-refractivity contribution >= 4 is 28.6 Å². The molecule has 0 saturated heterocycles. The van der Waals surface area contributed by atoms with Crippen LogP contribution in [0, 0.1) is 0 Å². The summed E-state index contributed by atoms with van der Waals surface area (Å²) in [5, 5.41) is 0.184. The van der Waals surface area contributed by atoms with Crippen LogP contribution in [-0.4, -0.2) is 21.0 Å². The summed E-state index contributed by atoms with van der Waals surface area (Å²) in [7, 11) is 0. The predicted octanol–water partition coefficient (Wildman–Crippen LogP) is 1.33. The van der Waals surface area contributed by atoms with Crippen molar-refractivity contribution in [3.05, 3.63) is 18.5 Å². The lowest BCUT2D eigenvalue weighted by atomic mass is 10.7. The molecule has 58 valence electrons. The molecular weight excluding hydrogens is 184 g/mol. The van der Waals surface area contributed by atoms with E-state index in [4.69, 9.17) is 11.6 Å². The van der Waals surface area contributed by atoms with E-state index in [0.717, 1.165) is 0 Å². The van der Waals surface area contributed by atoms with E-state index in [2.05, 4.69) is 9.97 Å². The molecule has 1 rings (SSSR count). The van der Waals surface area contributed by atoms with Crippen molar-refractivity contribution in [1.29, 1.82) is 0 Å². The lowest BCUT2D eigenvalue weighted by molar-refractivity contribution is -0.109. The highest BCUT2D eigenvalue weighted by molar-refractivity contribution is 8.00. The summed E-state index contributed by atoms with van der Waals surface area (Å²) in [6.45, 7) is 0. The normalized spacial score (nSPS) is 9.55. The van der Waals surface area contributed by atoms with Crippen molar-refractivity contribution in [1.82, 2.24) is 9.97 Å². The molecule has 0 saturated carbocycles. The van der Waals surface area contributed by atoms with E-state index in [0.29, 0.717) is 5.16 Å². The third-order valence-electron chi connectivity index (χ3n) is 0.857. The summed E-state index contributed by atoms with van der Waals surface area (Å²) < 4.78 is 0. The van der Waals surface area contributed by atoms with Crippen molar-refractivity contribution in [2.75, 3.05) is 5.75 Å². The van der Waals surface area contributed by atoms with Crippen LogP contribution in [0.4, 0.5) is 0 Å². The van der Waals surface area contributed by atoms with Crippen LogP contribution in [0.15, 0.2) is 23.6 Å². The molecule has 1 aromatic heterocycles. The molecule has 5 heteroatoms. The second-order valence-electron chi connectivity index (χ2n) is 1.68. The molecule has 1 aromatic rings. The van der Waals surface area contributed by atoms with Gasteiger partial charge in [-0.2, -0.15) is 0 Å². The Labute approximate surface area is 73.2 Å². The maximum Gasteiger partial charge on any atom is 0.232 e. The Kier molecular flexibility index (Phi) is 3.32. The number of hydrogen-bond donors (Lipinski definition) is 0. The van der Waals surface area contributed by atoms with Gasteiger partial charge >= 0.3 is 0 Å². The smallest absolute Gasteiger partial charge is 0.232 e. The van der Waals surface area contributed by atoms with Gasteiger partial charge < -0.3 is 0 Å². The molecule has 0 spiro atoms. The van der Waals surface area contributed by atoms with E-state index in [-0.39, 0.29) is 11.0 Å². The van der Waals surface area contributed by atoms with E-state index in [1.807, 2.05) is 0 Å². The van der Waals surface area contributed by atoms with Gasteiger partial charge in [0.2, 0.25) is 5.24 Å². The number of halogens is 1. The first-order chi connectivity index (χ1) is 5.29. The Morgan fingerprint density at radius 2 is 2.18 bits per heavy atom. The maximum absolute atomic E-state index is 10.3. The zero-order chi connectivity index (χ0) is 8.10. The number of thioether (sulfide) groups is 1. The molecule has 0 atom stereocenters. The average molecular weight is 189 g/mol. The van der Waals surface area contributed by atoms with Crippen molar-refractivity contribution in [3.8, 4) is 0 Å². The number of hydrogen-bond acceptors (Lipinski definition) is 4. The standard InChI is InChI=1S/C6H5ClN2OS/c7-5(10)4-11-6-8-2-1-3-9-6/h1-3H,4H2. The molecule has 0 bridgehead atoms. The van der Waals surface area contributed by atoms with Crippen LogP contribution >= 0.6 is 23.4 Å². The third-order valence-corrected chi connectivity index (χ3v) is 2.02. The lowest BCUT2D eigenvalue weighted by Gasteiger charge is -1.92. The van der Waals surface area contributed by atoms with Crippen LogP contribution < -0.4 is 0 Å². The van der Waals surface area contributed by atoms with E-state index in [1.165, 1.54) is 11.8 Å². The van der Waals surface area contributed by atoms with Crippen molar-refractivity contribution in [2.45, 2.75) is 5.16 Å². The number of carbonyl (C=O) groups is 1. The van der Waals surface area contributed by atoms with Crippen molar-refractivity contribution in [2.24, 2.45) is 0 Å². The van der Waals surface area contributed by atoms with Crippen LogP contribution in [-0.2, 0) is 4.79 Å². The Hall–Kier alpha value is -0.610. The van der Waals surface area contributed by atoms with E-state index >= 15 is 0 Å². The quantitative estimate of drug-likeness (QED) is 0.408. The summed E-state index contributed by atoms with van der Waals surface area (Å²) >= 11 is 6.34. The van der Waals surface area contributed by atoms with Crippen LogP contribution in [0.25, 0.3) is 0 Å². The molecule has 1 heterocycles. The zero-order valence-electron chi connectivity index (χ0n) is 5.53. The van der Waals surface area contributed by atoms with Gasteiger partial charge in [-0.15, -0.1) is 0 Å². The molecular formula is C6H5ClN2OS. The van der Waals surface area contributed by atoms with Gasteiger partial charge in [0.15, 0.2) is 5.16 Å². The van der Waals surface area contributed by atoms with Gasteiger partial charge in [0, 0.05) is 12.4 Å². The summed E-state index contributed by atoms with van der Waals surface area (Å²) in [5.74, 6) is 0.214. The second kappa shape index (κ2) is 4.31. The SMILES string of the molecule is O=C(Cl)CSc1ncccn1. The minimum atomic E-state index is -0.387. The predicted molar refractivity (Wildman–Crippen MR) is 43.6 cm³/mol. The molecule has 0 aliphatic carbocycles. The van der Waals surface area contributed by atoms with E-state index in [1.54, 1.807) is 18.5 Å². The van der Waals surface area contributed by atoms with Gasteiger partial charge in [-0.25, -0.2) is 9.97 Å². The van der Waals surface area contributed by atoms with Gasteiger partial charge in [-0.05, 0) is 17.7 Å². The Morgan fingerprint density at radius 3 is 2.73 bits per heavy atom. The second-order valence-corrected chi connectivity index (χ2v) is 3.04. The van der Waals surface area contributed by atoms with E-state index < -0.39 is 0 Å². The Morgan fingerprint density at radius 1 is 1.55 bits per heavy atom. The van der Waals surface area contributed by atoms with Gasteiger partial charge in [0.1, 0.15) is 0 Å². The Balaban J connectivity index is 2.45. The third kappa shape index (κ3) is 3.34. The summed E-state index contributed by atoms with van der Waals surface area (Å²) in [6, 6.07) is 1.71. The summed E-state index contributed by atoms with van der Waals surface area (Å²) in [4.78, 5) is 18.1. The largest absolute Gasteiger partial charge is 0.280 e. The first-order valence-electron chi connectivity index (χ1n) is 2.87. The van der Waals surface area contributed by atoms with Gasteiger partial charge in [-0.3, -0.25) is 4.79 Å². The molecule has 3 nitrogen and oxygen atoms in total. The number of rotatable bonds is 3. The van der Waals surface area contributed by atoms with E-state index in [9.17, 15) is 4.79 Å².